The zero-order chi connectivity index (χ0) is 21.4. The molecule has 0 aliphatic carbocycles. The van der Waals surface area contributed by atoms with E-state index in [0.29, 0.717) is 28.7 Å². The van der Waals surface area contributed by atoms with E-state index in [1.807, 2.05) is 19.9 Å². The van der Waals surface area contributed by atoms with Gasteiger partial charge in [0.25, 0.3) is 5.91 Å². The van der Waals surface area contributed by atoms with Crippen LogP contribution in [-0.4, -0.2) is 49.9 Å². The molecule has 2 atom stereocenters. The fraction of sp³-hybridized carbons (Fsp3) is 0.350. The molecule has 1 unspecified atom stereocenters. The van der Waals surface area contributed by atoms with E-state index in [1.165, 1.54) is 22.3 Å². The molecule has 156 valence electrons. The molecule has 30 heavy (non-hydrogen) atoms. The van der Waals surface area contributed by atoms with Crippen molar-refractivity contribution >= 4 is 39.4 Å². The summed E-state index contributed by atoms with van der Waals surface area (Å²) in [5, 5.41) is 12.3. The third-order valence-corrected chi connectivity index (χ3v) is 6.14. The van der Waals surface area contributed by atoms with Crippen LogP contribution in [0.15, 0.2) is 24.5 Å². The molecule has 1 amide bonds. The molecule has 4 rings (SSSR count). The molecular weight excluding hydrogens is 409 g/mol. The predicted octanol–water partition coefficient (Wildman–Crippen LogP) is 3.25. The molecule has 0 radical (unpaired) electrons. The number of aryl methyl sites for hydroxylation is 1. The smallest absolute Gasteiger partial charge is 0.308 e. The lowest BCUT2D eigenvalue weighted by atomic mass is 10.1. The molecule has 1 aliphatic heterocycles. The van der Waals surface area contributed by atoms with Gasteiger partial charge in [0.15, 0.2) is 5.69 Å². The molecule has 0 bridgehead atoms. The first-order chi connectivity index (χ1) is 14.3. The lowest BCUT2D eigenvalue weighted by Crippen LogP contribution is -2.31. The molecule has 1 fully saturated rings. The van der Waals surface area contributed by atoms with Crippen LogP contribution in [0, 0.1) is 18.7 Å². The maximum absolute atomic E-state index is 13.5. The number of carbonyl (C=O) groups is 2. The number of anilines is 1. The highest BCUT2D eigenvalue weighted by molar-refractivity contribution is 7.19. The van der Waals surface area contributed by atoms with Gasteiger partial charge in [0.1, 0.15) is 5.82 Å². The van der Waals surface area contributed by atoms with Gasteiger partial charge in [-0.2, -0.15) is 0 Å². The van der Waals surface area contributed by atoms with Gasteiger partial charge >= 0.3 is 5.97 Å². The highest BCUT2D eigenvalue weighted by atomic mass is 32.1. The number of aliphatic carboxylic acids is 1. The number of halogens is 1. The first-order valence-corrected chi connectivity index (χ1v) is 10.3. The maximum atomic E-state index is 13.5. The van der Waals surface area contributed by atoms with Crippen LogP contribution in [-0.2, 0) is 4.79 Å². The van der Waals surface area contributed by atoms with Crippen LogP contribution in [0.2, 0.25) is 0 Å². The van der Waals surface area contributed by atoms with E-state index < -0.39 is 17.7 Å². The Balaban J connectivity index is 1.66. The van der Waals surface area contributed by atoms with Crippen molar-refractivity contribution in [3.63, 3.8) is 0 Å². The van der Waals surface area contributed by atoms with Crippen molar-refractivity contribution in [1.82, 2.24) is 19.9 Å². The minimum Gasteiger partial charge on any atom is -0.481 e. The fourth-order valence-electron chi connectivity index (χ4n) is 3.50. The first-order valence-electron chi connectivity index (χ1n) is 9.49. The topological polar surface area (TPSA) is 108 Å². The van der Waals surface area contributed by atoms with E-state index in [2.05, 4.69) is 20.3 Å². The molecule has 3 aromatic rings. The number of rotatable bonds is 5. The van der Waals surface area contributed by atoms with E-state index in [4.69, 9.17) is 0 Å². The third kappa shape index (κ3) is 3.95. The predicted molar refractivity (Wildman–Crippen MR) is 110 cm³/mol. The Kier molecular flexibility index (Phi) is 5.33. The van der Waals surface area contributed by atoms with Crippen molar-refractivity contribution < 1.29 is 19.1 Å². The highest BCUT2D eigenvalue weighted by Crippen LogP contribution is 2.30. The Hall–Kier alpha value is -3.14. The number of thiophene rings is 1. The van der Waals surface area contributed by atoms with Crippen LogP contribution < -0.4 is 5.32 Å². The largest absolute Gasteiger partial charge is 0.481 e. The monoisotopic (exact) mass is 429 g/mol. The standard InChI is InChI=1S/C20H20FN5O3S/c1-10-5-15-17(30-10)16(18(27)26-4-3-12(9-26)19(28)29)25-20(24-15)23-11(2)13-6-14(21)8-22-7-13/h5-8,11-12H,3-4,9H2,1-2H3,(H,28,29)(H,23,24,25)/t11-,12?/m0/s1. The second kappa shape index (κ2) is 7.94. The van der Waals surface area contributed by atoms with Gasteiger partial charge < -0.3 is 15.3 Å². The van der Waals surface area contributed by atoms with E-state index in [1.54, 1.807) is 6.20 Å². The summed E-state index contributed by atoms with van der Waals surface area (Å²) < 4.78 is 14.2. The average molecular weight is 429 g/mol. The number of nitrogens with one attached hydrogen (secondary N) is 1. The van der Waals surface area contributed by atoms with Gasteiger partial charge in [0.2, 0.25) is 5.95 Å². The van der Waals surface area contributed by atoms with Crippen molar-refractivity contribution in [1.29, 1.82) is 0 Å². The van der Waals surface area contributed by atoms with Gasteiger partial charge in [-0.05, 0) is 38.0 Å². The van der Waals surface area contributed by atoms with Crippen molar-refractivity contribution in [2.45, 2.75) is 26.3 Å². The first kappa shape index (κ1) is 20.1. The Morgan fingerprint density at radius 2 is 2.13 bits per heavy atom. The van der Waals surface area contributed by atoms with Crippen LogP contribution in [0.25, 0.3) is 10.2 Å². The van der Waals surface area contributed by atoms with Crippen LogP contribution in [0.3, 0.4) is 0 Å². The van der Waals surface area contributed by atoms with Gasteiger partial charge in [-0.1, -0.05) is 0 Å². The van der Waals surface area contributed by atoms with Gasteiger partial charge in [-0.25, -0.2) is 14.4 Å². The number of likely N-dealkylation sites (tertiary alicyclic amines) is 1. The van der Waals surface area contributed by atoms with Crippen molar-refractivity contribution in [2.75, 3.05) is 18.4 Å². The SMILES string of the molecule is Cc1cc2nc(N[C@@H](C)c3cncc(F)c3)nc(C(=O)N3CCC(C(=O)O)C3)c2s1. The van der Waals surface area contributed by atoms with Gasteiger partial charge in [0, 0.05) is 24.2 Å². The summed E-state index contributed by atoms with van der Waals surface area (Å²) in [6.45, 7) is 4.28. The lowest BCUT2D eigenvalue weighted by molar-refractivity contribution is -0.141. The number of aromatic nitrogens is 3. The van der Waals surface area contributed by atoms with Crippen LogP contribution in [0.5, 0.6) is 0 Å². The summed E-state index contributed by atoms with van der Waals surface area (Å²) in [4.78, 5) is 39.7. The quantitative estimate of drug-likeness (QED) is 0.641. The molecule has 3 aromatic heterocycles. The normalized spacial score (nSPS) is 17.3. The number of fused-ring (bicyclic) bond motifs is 1. The van der Waals surface area contributed by atoms with E-state index in [9.17, 15) is 19.1 Å². The molecule has 1 aliphatic rings. The van der Waals surface area contributed by atoms with Crippen LogP contribution in [0.4, 0.5) is 10.3 Å². The maximum Gasteiger partial charge on any atom is 0.308 e. The minimum atomic E-state index is -0.898. The average Bonchev–Trinajstić information content (AvgIpc) is 3.33. The van der Waals surface area contributed by atoms with E-state index >= 15 is 0 Å². The summed E-state index contributed by atoms with van der Waals surface area (Å²) in [6, 6.07) is 2.92. The van der Waals surface area contributed by atoms with Gasteiger partial charge in [-0.15, -0.1) is 11.3 Å². The van der Waals surface area contributed by atoms with Crippen molar-refractivity contribution in [2.24, 2.45) is 5.92 Å². The Labute approximate surface area is 175 Å². The summed E-state index contributed by atoms with van der Waals surface area (Å²) in [5.41, 5.74) is 1.50. The Morgan fingerprint density at radius 3 is 2.83 bits per heavy atom. The van der Waals surface area contributed by atoms with Gasteiger partial charge in [-0.3, -0.25) is 14.6 Å². The number of amides is 1. The number of carboxylic acid groups (broad SMARTS) is 1. The van der Waals surface area contributed by atoms with Crippen LogP contribution in [0.1, 0.15) is 40.3 Å². The lowest BCUT2D eigenvalue weighted by Gasteiger charge is -2.18. The Bertz CT molecular complexity index is 1130. The van der Waals surface area contributed by atoms with E-state index in [-0.39, 0.29) is 30.1 Å². The highest BCUT2D eigenvalue weighted by Gasteiger charge is 2.33. The Morgan fingerprint density at radius 1 is 1.33 bits per heavy atom. The fourth-order valence-corrected chi connectivity index (χ4v) is 4.43. The minimum absolute atomic E-state index is 0.165. The summed E-state index contributed by atoms with van der Waals surface area (Å²) >= 11 is 1.42. The second-order valence-electron chi connectivity index (χ2n) is 7.34. The zero-order valence-electron chi connectivity index (χ0n) is 16.4. The van der Waals surface area contributed by atoms with E-state index in [0.717, 1.165) is 11.1 Å². The van der Waals surface area contributed by atoms with Gasteiger partial charge in [0.05, 0.1) is 28.4 Å². The zero-order valence-corrected chi connectivity index (χ0v) is 17.2. The number of nitrogens with zero attached hydrogens (tertiary/aromatic N) is 4. The molecule has 0 spiro atoms. The molecule has 8 nitrogen and oxygen atoms in total. The molecular formula is C20H20FN5O3S. The molecule has 10 heteroatoms. The summed E-state index contributed by atoms with van der Waals surface area (Å²) in [6.07, 6.45) is 3.11. The molecule has 2 N–H and O–H groups in total. The van der Waals surface area contributed by atoms with Crippen LogP contribution >= 0.6 is 11.3 Å². The molecule has 0 aromatic carbocycles. The number of hydrogen-bond donors (Lipinski definition) is 2. The number of carboxylic acids is 1. The number of hydrogen-bond acceptors (Lipinski definition) is 7. The third-order valence-electron chi connectivity index (χ3n) is 5.09. The number of carbonyl (C=O) groups excluding carboxylic acids is 1. The van der Waals surface area contributed by atoms with Crippen molar-refractivity contribution in [3.05, 3.63) is 46.5 Å². The second-order valence-corrected chi connectivity index (χ2v) is 8.60. The summed E-state index contributed by atoms with van der Waals surface area (Å²) in [5.74, 6) is -1.96. The molecule has 4 heterocycles. The number of pyridine rings is 1. The molecule has 0 saturated carbocycles. The molecule has 1 saturated heterocycles. The van der Waals surface area contributed by atoms with Crippen molar-refractivity contribution in [3.8, 4) is 0 Å². The summed E-state index contributed by atoms with van der Waals surface area (Å²) in [7, 11) is 0.